The largest absolute Gasteiger partial charge is 0.365 e. The Kier molecular flexibility index (Phi) is 14.5. The zero-order valence-corrected chi connectivity index (χ0v) is 36.7. The number of hydrogen-bond donors (Lipinski definition) is 0. The van der Waals surface area contributed by atoms with Crippen LogP contribution in [0.15, 0.2) is 243 Å². The minimum Gasteiger partial charge on any atom is -0.365 e. The number of methoxy groups -OCH3 is 1. The van der Waals surface area contributed by atoms with Crippen LogP contribution >= 0.6 is 0 Å². The van der Waals surface area contributed by atoms with E-state index < -0.39 is 11.2 Å². The highest BCUT2D eigenvalue weighted by molar-refractivity contribution is 5.56. The Morgan fingerprint density at radius 2 is 0.548 bits per heavy atom. The molecule has 0 amide bonds. The molecule has 0 aliphatic rings. The lowest BCUT2D eigenvalue weighted by molar-refractivity contribution is -0.166. The normalized spacial score (nSPS) is 11.9. The van der Waals surface area contributed by atoms with Gasteiger partial charge in [-0.1, -0.05) is 263 Å². The van der Waals surface area contributed by atoms with Gasteiger partial charge in [-0.05, 0) is 64.3 Å². The third kappa shape index (κ3) is 7.86. The fourth-order valence-corrected chi connectivity index (χ4v) is 10.5. The van der Waals surface area contributed by atoms with E-state index in [-0.39, 0.29) is 10.8 Å². The van der Waals surface area contributed by atoms with E-state index in [0.29, 0.717) is 6.61 Å². The molecule has 62 heavy (non-hydrogen) atoms. The Morgan fingerprint density at radius 1 is 0.306 bits per heavy atom. The average Bonchev–Trinajstić information content (AvgIpc) is 3.36. The topological polar surface area (TPSA) is 18.5 Å². The lowest BCUT2D eigenvalue weighted by Gasteiger charge is -2.53. The van der Waals surface area contributed by atoms with Gasteiger partial charge in [-0.15, -0.1) is 0 Å². The molecule has 0 atom stereocenters. The Bertz CT molecular complexity index is 2130. The van der Waals surface area contributed by atoms with E-state index in [2.05, 4.69) is 232 Å². The molecule has 0 saturated carbocycles. The molecule has 8 rings (SSSR count). The van der Waals surface area contributed by atoms with Gasteiger partial charge in [0, 0.05) is 24.5 Å². The minimum atomic E-state index is -0.922. The van der Waals surface area contributed by atoms with E-state index in [4.69, 9.17) is 9.47 Å². The predicted octanol–water partition coefficient (Wildman–Crippen LogP) is 14.7. The lowest BCUT2D eigenvalue weighted by Crippen LogP contribution is -2.54. The molecule has 0 radical (unpaired) electrons. The Labute approximate surface area is 370 Å². The number of hydrogen-bond acceptors (Lipinski definition) is 2. The van der Waals surface area contributed by atoms with E-state index >= 15 is 0 Å². The molecule has 8 aromatic rings. The van der Waals surface area contributed by atoms with Crippen LogP contribution in [0.5, 0.6) is 0 Å². The molecule has 0 saturated heterocycles. The molecule has 0 aromatic heterocycles. The number of ether oxygens (including phenoxy) is 2. The van der Waals surface area contributed by atoms with Crippen LogP contribution in [0, 0.1) is 0 Å². The first kappa shape index (κ1) is 43.8. The van der Waals surface area contributed by atoms with Crippen LogP contribution in [-0.2, 0) is 31.5 Å². The Balaban J connectivity index is 0.000000186. The minimum absolute atomic E-state index is 0.193. The smallest absolute Gasteiger partial charge is 0.155 e. The van der Waals surface area contributed by atoms with Crippen molar-refractivity contribution in [3.05, 3.63) is 287 Å². The van der Waals surface area contributed by atoms with Crippen molar-refractivity contribution in [2.24, 2.45) is 0 Å². The Morgan fingerprint density at radius 3 is 0.774 bits per heavy atom. The SMILES string of the molecule is CCCC(c1ccccc1)(c1ccccc1)C(CC)(c1ccccc1)c1ccccc1.CCOC(c1ccccc1)(c1ccccc1)C(OC)(c1ccccc1)c1ccccc1. The third-order valence-corrected chi connectivity index (χ3v) is 12.8. The number of rotatable bonds is 16. The maximum atomic E-state index is 6.84. The highest BCUT2D eigenvalue weighted by Crippen LogP contribution is 2.58. The molecular formula is C60H60O2. The second-order valence-corrected chi connectivity index (χ2v) is 15.8. The molecule has 0 fully saturated rings. The summed E-state index contributed by atoms with van der Waals surface area (Å²) < 4.78 is 13.5. The molecule has 312 valence electrons. The zero-order chi connectivity index (χ0) is 43.1. The Hall–Kier alpha value is -6.32. The third-order valence-electron chi connectivity index (χ3n) is 12.8. The molecule has 0 aliphatic heterocycles. The van der Waals surface area contributed by atoms with Crippen molar-refractivity contribution in [3.8, 4) is 0 Å². The van der Waals surface area contributed by atoms with E-state index in [9.17, 15) is 0 Å². The molecule has 0 N–H and O–H groups in total. The summed E-state index contributed by atoms with van der Waals surface area (Å²) in [5.41, 5.74) is 7.45. The zero-order valence-electron chi connectivity index (χ0n) is 36.7. The first-order chi connectivity index (χ1) is 30.6. The predicted molar refractivity (Wildman–Crippen MR) is 258 cm³/mol. The summed E-state index contributed by atoms with van der Waals surface area (Å²) in [6, 6.07) is 86.2. The van der Waals surface area contributed by atoms with Crippen molar-refractivity contribution >= 4 is 0 Å². The summed E-state index contributed by atoms with van der Waals surface area (Å²) in [6.07, 6.45) is 3.18. The van der Waals surface area contributed by atoms with Crippen LogP contribution in [-0.4, -0.2) is 13.7 Å². The number of benzene rings is 8. The van der Waals surface area contributed by atoms with Gasteiger partial charge in [-0.3, -0.25) is 0 Å². The van der Waals surface area contributed by atoms with Crippen LogP contribution in [0.4, 0.5) is 0 Å². The summed E-state index contributed by atoms with van der Waals surface area (Å²) in [5.74, 6) is 0. The molecule has 0 unspecified atom stereocenters. The molecule has 0 bridgehead atoms. The van der Waals surface area contributed by atoms with Crippen LogP contribution in [0.25, 0.3) is 0 Å². The average molecular weight is 813 g/mol. The van der Waals surface area contributed by atoms with Crippen molar-refractivity contribution in [2.75, 3.05) is 13.7 Å². The fraction of sp³-hybridized carbons (Fsp3) is 0.200. The maximum absolute atomic E-state index is 6.84. The molecule has 0 aliphatic carbocycles. The quantitative estimate of drug-likeness (QED) is 0.0967. The molecule has 2 nitrogen and oxygen atoms in total. The van der Waals surface area contributed by atoms with Crippen molar-refractivity contribution < 1.29 is 9.47 Å². The summed E-state index contributed by atoms with van der Waals surface area (Å²) >= 11 is 0. The van der Waals surface area contributed by atoms with Crippen LogP contribution < -0.4 is 0 Å². The van der Waals surface area contributed by atoms with Crippen LogP contribution in [0.2, 0.25) is 0 Å². The second-order valence-electron chi connectivity index (χ2n) is 15.8. The van der Waals surface area contributed by atoms with Crippen molar-refractivity contribution in [3.63, 3.8) is 0 Å². The van der Waals surface area contributed by atoms with Gasteiger partial charge in [-0.25, -0.2) is 0 Å². The van der Waals surface area contributed by atoms with Crippen LogP contribution in [0.3, 0.4) is 0 Å². The van der Waals surface area contributed by atoms with Gasteiger partial charge in [0.25, 0.3) is 0 Å². The molecule has 0 heterocycles. The van der Waals surface area contributed by atoms with Gasteiger partial charge in [0.05, 0.1) is 0 Å². The van der Waals surface area contributed by atoms with E-state index in [1.165, 1.54) is 22.3 Å². The van der Waals surface area contributed by atoms with Crippen molar-refractivity contribution in [1.82, 2.24) is 0 Å². The van der Waals surface area contributed by atoms with Crippen molar-refractivity contribution in [2.45, 2.75) is 62.1 Å². The van der Waals surface area contributed by atoms with Gasteiger partial charge in [0.2, 0.25) is 0 Å². The molecule has 8 aromatic carbocycles. The first-order valence-corrected chi connectivity index (χ1v) is 22.2. The summed E-state index contributed by atoms with van der Waals surface area (Å²) in [5, 5.41) is 0. The van der Waals surface area contributed by atoms with E-state index in [1.54, 1.807) is 7.11 Å². The highest BCUT2D eigenvalue weighted by atomic mass is 16.6. The van der Waals surface area contributed by atoms with Gasteiger partial charge < -0.3 is 9.47 Å². The summed E-state index contributed by atoms with van der Waals surface area (Å²) in [6.45, 7) is 7.24. The summed E-state index contributed by atoms with van der Waals surface area (Å²) in [7, 11) is 1.78. The van der Waals surface area contributed by atoms with Gasteiger partial charge >= 0.3 is 0 Å². The fourth-order valence-electron chi connectivity index (χ4n) is 10.5. The monoisotopic (exact) mass is 812 g/mol. The van der Waals surface area contributed by atoms with Gasteiger partial charge in [0.1, 0.15) is 0 Å². The van der Waals surface area contributed by atoms with Crippen molar-refractivity contribution in [1.29, 1.82) is 0 Å². The molecular weight excluding hydrogens is 753 g/mol. The first-order valence-electron chi connectivity index (χ1n) is 22.2. The highest BCUT2D eigenvalue weighted by Gasteiger charge is 2.58. The van der Waals surface area contributed by atoms with E-state index in [1.807, 2.05) is 31.2 Å². The maximum Gasteiger partial charge on any atom is 0.155 e. The molecule has 2 heteroatoms. The van der Waals surface area contributed by atoms with Gasteiger partial charge in [-0.2, -0.15) is 0 Å². The molecule has 0 spiro atoms. The second kappa shape index (κ2) is 20.5. The van der Waals surface area contributed by atoms with Crippen LogP contribution in [0.1, 0.15) is 84.5 Å². The lowest BCUT2D eigenvalue weighted by atomic mass is 9.49. The van der Waals surface area contributed by atoms with Gasteiger partial charge in [0.15, 0.2) is 11.2 Å². The van der Waals surface area contributed by atoms with E-state index in [0.717, 1.165) is 41.5 Å². The standard InChI is InChI=1S/C31H32.C29H28O2/c1-3-25-31(28-21-13-7-14-22-28,29-23-15-8-16-24-29)30(4-2,26-17-9-5-10-18-26)27-19-11-6-12-20-27;1-3-31-29(26-20-12-6-13-21-26,27-22-14-7-15-23-27)28(30-2,24-16-8-4-9-17-24)25-18-10-5-11-19-25/h5-24H,3-4,25H2,1-2H3;4-23H,3H2,1-2H3. The summed E-state index contributed by atoms with van der Waals surface area (Å²) in [4.78, 5) is 0.